The Labute approximate surface area is 98.5 Å². The molecular weight excluding hydrogens is 218 g/mol. The quantitative estimate of drug-likeness (QED) is 0.649. The molecule has 0 amide bonds. The van der Waals surface area contributed by atoms with Crippen LogP contribution in [0.4, 0.5) is 5.69 Å². The van der Waals surface area contributed by atoms with Gasteiger partial charge in [-0.1, -0.05) is 36.0 Å². The molecule has 0 atom stereocenters. The zero-order valence-electron chi connectivity index (χ0n) is 8.59. The monoisotopic (exact) mass is 229 g/mol. The van der Waals surface area contributed by atoms with Crippen molar-refractivity contribution in [1.29, 1.82) is 0 Å². The van der Waals surface area contributed by atoms with Crippen LogP contribution in [-0.4, -0.2) is 6.29 Å². The second kappa shape index (κ2) is 4.86. The first-order valence-corrected chi connectivity index (χ1v) is 5.69. The van der Waals surface area contributed by atoms with Crippen molar-refractivity contribution in [1.82, 2.24) is 0 Å². The van der Waals surface area contributed by atoms with E-state index in [2.05, 4.69) is 0 Å². The van der Waals surface area contributed by atoms with Crippen molar-refractivity contribution >= 4 is 23.7 Å². The third-order valence-corrected chi connectivity index (χ3v) is 3.26. The molecule has 0 aliphatic carbocycles. The van der Waals surface area contributed by atoms with Gasteiger partial charge < -0.3 is 5.73 Å². The van der Waals surface area contributed by atoms with E-state index in [0.717, 1.165) is 21.8 Å². The van der Waals surface area contributed by atoms with Crippen molar-refractivity contribution in [2.75, 3.05) is 5.73 Å². The lowest BCUT2D eigenvalue weighted by atomic mass is 10.2. The van der Waals surface area contributed by atoms with E-state index in [9.17, 15) is 4.79 Å². The summed E-state index contributed by atoms with van der Waals surface area (Å²) in [5.41, 5.74) is 7.30. The molecule has 0 radical (unpaired) electrons. The first-order valence-electron chi connectivity index (χ1n) is 4.87. The molecule has 0 bridgehead atoms. The van der Waals surface area contributed by atoms with Crippen LogP contribution in [0.15, 0.2) is 58.3 Å². The van der Waals surface area contributed by atoms with Crippen LogP contribution in [0, 0.1) is 0 Å². The van der Waals surface area contributed by atoms with Gasteiger partial charge >= 0.3 is 0 Å². The average Bonchev–Trinajstić information content (AvgIpc) is 2.33. The molecule has 0 aliphatic rings. The van der Waals surface area contributed by atoms with E-state index in [1.54, 1.807) is 23.9 Å². The normalized spacial score (nSPS) is 10.0. The van der Waals surface area contributed by atoms with Gasteiger partial charge in [-0.25, -0.2) is 0 Å². The number of nitrogen functional groups attached to an aromatic ring is 1. The summed E-state index contributed by atoms with van der Waals surface area (Å²) in [6.45, 7) is 0. The highest BCUT2D eigenvalue weighted by Gasteiger charge is 2.00. The summed E-state index contributed by atoms with van der Waals surface area (Å²) in [6, 6.07) is 15.2. The van der Waals surface area contributed by atoms with Gasteiger partial charge in [-0.15, -0.1) is 0 Å². The molecule has 0 fully saturated rings. The molecule has 0 aliphatic heterocycles. The molecule has 0 aromatic heterocycles. The van der Waals surface area contributed by atoms with Crippen LogP contribution in [0.3, 0.4) is 0 Å². The van der Waals surface area contributed by atoms with E-state index in [0.29, 0.717) is 5.56 Å². The summed E-state index contributed by atoms with van der Waals surface area (Å²) < 4.78 is 0. The number of aldehydes is 1. The molecule has 0 spiro atoms. The summed E-state index contributed by atoms with van der Waals surface area (Å²) in [6.07, 6.45) is 0.839. The summed E-state index contributed by atoms with van der Waals surface area (Å²) in [7, 11) is 0. The molecule has 16 heavy (non-hydrogen) atoms. The molecule has 2 aromatic carbocycles. The smallest absolute Gasteiger partial charge is 0.150 e. The van der Waals surface area contributed by atoms with Crippen LogP contribution in [0.5, 0.6) is 0 Å². The lowest BCUT2D eigenvalue weighted by molar-refractivity contribution is 0.112. The van der Waals surface area contributed by atoms with Crippen LogP contribution >= 0.6 is 11.8 Å². The second-order valence-corrected chi connectivity index (χ2v) is 4.44. The molecule has 0 saturated carbocycles. The Balaban J connectivity index is 2.21. The van der Waals surface area contributed by atoms with Crippen molar-refractivity contribution in [3.05, 3.63) is 54.1 Å². The average molecular weight is 229 g/mol. The number of carbonyl (C=O) groups excluding carboxylic acids is 1. The molecule has 2 N–H and O–H groups in total. The SMILES string of the molecule is Nc1ccccc1Sc1ccc(C=O)cc1. The third-order valence-electron chi connectivity index (χ3n) is 2.16. The van der Waals surface area contributed by atoms with Crippen molar-refractivity contribution in [3.63, 3.8) is 0 Å². The molecule has 3 heteroatoms. The summed E-state index contributed by atoms with van der Waals surface area (Å²) in [5.74, 6) is 0. The lowest BCUT2D eigenvalue weighted by Crippen LogP contribution is -1.87. The van der Waals surface area contributed by atoms with Gasteiger partial charge in [0.05, 0.1) is 0 Å². The minimum Gasteiger partial charge on any atom is -0.398 e. The number of benzene rings is 2. The second-order valence-electron chi connectivity index (χ2n) is 3.33. The number of nitrogens with two attached hydrogens (primary N) is 1. The Kier molecular flexibility index (Phi) is 3.27. The highest BCUT2D eigenvalue weighted by molar-refractivity contribution is 7.99. The highest BCUT2D eigenvalue weighted by Crippen LogP contribution is 2.31. The third kappa shape index (κ3) is 2.44. The first kappa shape index (κ1) is 10.8. The van der Waals surface area contributed by atoms with Crippen molar-refractivity contribution in [3.8, 4) is 0 Å². The molecule has 2 aromatic rings. The van der Waals surface area contributed by atoms with Crippen molar-refractivity contribution in [2.45, 2.75) is 9.79 Å². The van der Waals surface area contributed by atoms with Gasteiger partial charge in [0.25, 0.3) is 0 Å². The maximum absolute atomic E-state index is 10.5. The Morgan fingerprint density at radius 1 is 1.00 bits per heavy atom. The van der Waals surface area contributed by atoms with Gasteiger partial charge in [0, 0.05) is 21.0 Å². The Bertz CT molecular complexity index is 494. The number of carbonyl (C=O) groups is 1. The van der Waals surface area contributed by atoms with Crippen LogP contribution in [0.1, 0.15) is 10.4 Å². The fourth-order valence-electron chi connectivity index (χ4n) is 1.31. The zero-order valence-corrected chi connectivity index (χ0v) is 9.41. The maximum Gasteiger partial charge on any atom is 0.150 e. The van der Waals surface area contributed by atoms with Crippen LogP contribution in [0.25, 0.3) is 0 Å². The fraction of sp³-hybridized carbons (Fsp3) is 0. The fourth-order valence-corrected chi connectivity index (χ4v) is 2.17. The summed E-state index contributed by atoms with van der Waals surface area (Å²) in [5, 5.41) is 0. The first-order chi connectivity index (χ1) is 7.79. The van der Waals surface area contributed by atoms with Gasteiger partial charge in [-0.3, -0.25) is 4.79 Å². The van der Waals surface area contributed by atoms with Gasteiger partial charge in [-0.05, 0) is 24.3 Å². The molecule has 0 saturated heterocycles. The largest absolute Gasteiger partial charge is 0.398 e. The van der Waals surface area contributed by atoms with Crippen LogP contribution in [-0.2, 0) is 0 Å². The number of anilines is 1. The van der Waals surface area contributed by atoms with Gasteiger partial charge in [0.2, 0.25) is 0 Å². The van der Waals surface area contributed by atoms with Crippen LogP contribution < -0.4 is 5.73 Å². The molecule has 2 rings (SSSR count). The standard InChI is InChI=1S/C13H11NOS/c14-12-3-1-2-4-13(12)16-11-7-5-10(9-15)6-8-11/h1-9H,14H2. The Morgan fingerprint density at radius 3 is 2.31 bits per heavy atom. The number of para-hydroxylation sites is 1. The van der Waals surface area contributed by atoms with Gasteiger partial charge in [0.15, 0.2) is 0 Å². The summed E-state index contributed by atoms with van der Waals surface area (Å²) >= 11 is 1.59. The molecule has 0 unspecified atom stereocenters. The predicted octanol–water partition coefficient (Wildman–Crippen LogP) is 3.23. The van der Waals surface area contributed by atoms with E-state index in [1.807, 2.05) is 36.4 Å². The number of hydrogen-bond acceptors (Lipinski definition) is 3. The summed E-state index contributed by atoms with van der Waals surface area (Å²) in [4.78, 5) is 12.6. The van der Waals surface area contributed by atoms with E-state index in [1.165, 1.54) is 0 Å². The highest BCUT2D eigenvalue weighted by atomic mass is 32.2. The molecule has 0 heterocycles. The van der Waals surface area contributed by atoms with Crippen LogP contribution in [0.2, 0.25) is 0 Å². The minimum atomic E-state index is 0.686. The zero-order chi connectivity index (χ0) is 11.4. The van der Waals surface area contributed by atoms with E-state index >= 15 is 0 Å². The minimum absolute atomic E-state index is 0.686. The predicted molar refractivity (Wildman–Crippen MR) is 66.8 cm³/mol. The van der Waals surface area contributed by atoms with E-state index < -0.39 is 0 Å². The Hall–Kier alpha value is -1.74. The van der Waals surface area contributed by atoms with Crippen molar-refractivity contribution in [2.24, 2.45) is 0 Å². The number of hydrogen-bond donors (Lipinski definition) is 1. The molecular formula is C13H11NOS. The molecule has 2 nitrogen and oxygen atoms in total. The van der Waals surface area contributed by atoms with Gasteiger partial charge in [0.1, 0.15) is 6.29 Å². The van der Waals surface area contributed by atoms with E-state index in [4.69, 9.17) is 5.73 Å². The topological polar surface area (TPSA) is 43.1 Å². The van der Waals surface area contributed by atoms with Gasteiger partial charge in [-0.2, -0.15) is 0 Å². The maximum atomic E-state index is 10.5. The Morgan fingerprint density at radius 2 is 1.69 bits per heavy atom. The van der Waals surface area contributed by atoms with Crippen molar-refractivity contribution < 1.29 is 4.79 Å². The molecule has 80 valence electrons. The lowest BCUT2D eigenvalue weighted by Gasteiger charge is -2.04. The van der Waals surface area contributed by atoms with E-state index in [-0.39, 0.29) is 0 Å². The number of rotatable bonds is 3.